The lowest BCUT2D eigenvalue weighted by atomic mass is 9.83. The Morgan fingerprint density at radius 1 is 1.38 bits per heavy atom. The first-order chi connectivity index (χ1) is 9.51. The molecule has 1 aromatic carbocycles. The van der Waals surface area contributed by atoms with Crippen LogP contribution < -0.4 is 10.1 Å². The average molecular weight is 287 g/mol. The number of ether oxygens (including phenoxy) is 1. The zero-order valence-electron chi connectivity index (χ0n) is 14.6. The van der Waals surface area contributed by atoms with Gasteiger partial charge in [0.05, 0.1) is 0 Å². The van der Waals surface area contributed by atoms with Crippen LogP contribution in [0.5, 0.6) is 5.75 Å². The maximum atomic E-state index is 6.27. The van der Waals surface area contributed by atoms with E-state index >= 15 is 0 Å². The number of rotatable bonds is 3. The summed E-state index contributed by atoms with van der Waals surface area (Å²) in [5, 5.41) is 3.53. The van der Waals surface area contributed by atoms with Crippen LogP contribution in [0, 0.1) is 6.92 Å². The molecule has 0 atom stereocenters. The van der Waals surface area contributed by atoms with Crippen LogP contribution in [-0.4, -0.2) is 12.1 Å². The molecule has 0 aromatic heterocycles. The van der Waals surface area contributed by atoms with Gasteiger partial charge < -0.3 is 10.1 Å². The second kappa shape index (κ2) is 5.08. The standard InChI is InChI=1S/C19H29NO/c1-12(2)11-20-16-9-15(18(4,5)6)17-14(13(16)3)10-19(7,8)21-17/h9,20H,1,10-11H2,2-8H3. The fraction of sp³-hybridized carbons (Fsp3) is 0.579. The predicted molar refractivity (Wildman–Crippen MR) is 91.6 cm³/mol. The van der Waals surface area contributed by atoms with Crippen molar-refractivity contribution in [2.24, 2.45) is 0 Å². The van der Waals surface area contributed by atoms with Crippen molar-refractivity contribution in [2.45, 2.75) is 65.9 Å². The molecule has 0 saturated carbocycles. The lowest BCUT2D eigenvalue weighted by Crippen LogP contribution is -2.25. The second-order valence-corrected chi connectivity index (χ2v) is 8.00. The first kappa shape index (κ1) is 15.9. The van der Waals surface area contributed by atoms with Crippen molar-refractivity contribution >= 4 is 5.69 Å². The van der Waals surface area contributed by atoms with Gasteiger partial charge in [-0.05, 0) is 44.7 Å². The summed E-state index contributed by atoms with van der Waals surface area (Å²) >= 11 is 0. The molecule has 0 aliphatic carbocycles. The first-order valence-electron chi connectivity index (χ1n) is 7.75. The highest BCUT2D eigenvalue weighted by Gasteiger charge is 2.36. The molecule has 0 unspecified atom stereocenters. The summed E-state index contributed by atoms with van der Waals surface area (Å²) in [5.74, 6) is 1.10. The summed E-state index contributed by atoms with van der Waals surface area (Å²) in [6.07, 6.45) is 0.972. The molecule has 0 bridgehead atoms. The minimum atomic E-state index is -0.111. The van der Waals surface area contributed by atoms with Crippen molar-refractivity contribution in [3.63, 3.8) is 0 Å². The minimum Gasteiger partial charge on any atom is -0.487 e. The third-order valence-corrected chi connectivity index (χ3v) is 4.03. The summed E-state index contributed by atoms with van der Waals surface area (Å²) in [6, 6.07) is 2.26. The normalized spacial score (nSPS) is 16.3. The summed E-state index contributed by atoms with van der Waals surface area (Å²) in [5.41, 5.74) is 6.27. The van der Waals surface area contributed by atoms with Crippen molar-refractivity contribution < 1.29 is 4.74 Å². The molecular weight excluding hydrogens is 258 g/mol. The van der Waals surface area contributed by atoms with Crippen LogP contribution in [0.3, 0.4) is 0 Å². The first-order valence-corrected chi connectivity index (χ1v) is 7.75. The van der Waals surface area contributed by atoms with E-state index in [0.717, 1.165) is 24.3 Å². The van der Waals surface area contributed by atoms with Gasteiger partial charge in [-0.1, -0.05) is 32.9 Å². The van der Waals surface area contributed by atoms with E-state index in [1.165, 1.54) is 22.4 Å². The van der Waals surface area contributed by atoms with Gasteiger partial charge in [0, 0.05) is 29.8 Å². The van der Waals surface area contributed by atoms with E-state index in [-0.39, 0.29) is 11.0 Å². The van der Waals surface area contributed by atoms with Gasteiger partial charge >= 0.3 is 0 Å². The van der Waals surface area contributed by atoms with Gasteiger partial charge in [-0.2, -0.15) is 0 Å². The van der Waals surface area contributed by atoms with Crippen molar-refractivity contribution in [1.82, 2.24) is 0 Å². The summed E-state index contributed by atoms with van der Waals surface area (Å²) < 4.78 is 6.27. The lowest BCUT2D eigenvalue weighted by Gasteiger charge is -2.26. The summed E-state index contributed by atoms with van der Waals surface area (Å²) in [4.78, 5) is 0. The molecule has 0 radical (unpaired) electrons. The van der Waals surface area contributed by atoms with Crippen molar-refractivity contribution in [3.05, 3.63) is 34.9 Å². The second-order valence-electron chi connectivity index (χ2n) is 8.00. The highest BCUT2D eigenvalue weighted by atomic mass is 16.5. The Hall–Kier alpha value is -1.44. The molecule has 0 amide bonds. The molecule has 0 fully saturated rings. The van der Waals surface area contributed by atoms with E-state index in [2.05, 4.69) is 59.5 Å². The summed E-state index contributed by atoms with van der Waals surface area (Å²) in [6.45, 7) is 20.1. The molecule has 21 heavy (non-hydrogen) atoms. The van der Waals surface area contributed by atoms with Crippen LogP contribution in [0.25, 0.3) is 0 Å². The van der Waals surface area contributed by atoms with Gasteiger partial charge in [-0.15, -0.1) is 0 Å². The lowest BCUT2D eigenvalue weighted by molar-refractivity contribution is 0.136. The molecular formula is C19H29NO. The van der Waals surface area contributed by atoms with Gasteiger partial charge in [0.15, 0.2) is 0 Å². The van der Waals surface area contributed by atoms with Crippen molar-refractivity contribution in [1.29, 1.82) is 0 Å². The maximum absolute atomic E-state index is 6.27. The monoisotopic (exact) mass is 287 g/mol. The van der Waals surface area contributed by atoms with Gasteiger partial charge in [-0.3, -0.25) is 0 Å². The number of anilines is 1. The van der Waals surface area contributed by atoms with Gasteiger partial charge in [0.25, 0.3) is 0 Å². The molecule has 2 nitrogen and oxygen atoms in total. The van der Waals surface area contributed by atoms with Crippen LogP contribution in [0.4, 0.5) is 5.69 Å². The Morgan fingerprint density at radius 3 is 2.52 bits per heavy atom. The Kier molecular flexibility index (Phi) is 3.86. The molecule has 1 N–H and O–H groups in total. The Labute approximate surface area is 129 Å². The van der Waals surface area contributed by atoms with E-state index in [1.54, 1.807) is 0 Å². The third kappa shape index (κ3) is 3.25. The van der Waals surface area contributed by atoms with E-state index in [9.17, 15) is 0 Å². The molecule has 1 aliphatic heterocycles. The average Bonchev–Trinajstić information content (AvgIpc) is 2.62. The minimum absolute atomic E-state index is 0.0673. The van der Waals surface area contributed by atoms with Gasteiger partial charge in [0.1, 0.15) is 11.4 Å². The predicted octanol–water partition coefficient (Wildman–Crippen LogP) is 4.99. The summed E-state index contributed by atoms with van der Waals surface area (Å²) in [7, 11) is 0. The highest BCUT2D eigenvalue weighted by molar-refractivity contribution is 5.65. The highest BCUT2D eigenvalue weighted by Crippen LogP contribution is 2.46. The molecule has 2 heteroatoms. The number of hydrogen-bond donors (Lipinski definition) is 1. The Bertz CT molecular complexity index is 576. The van der Waals surface area contributed by atoms with Crippen LogP contribution in [0.1, 0.15) is 58.2 Å². The quantitative estimate of drug-likeness (QED) is 0.790. The maximum Gasteiger partial charge on any atom is 0.127 e. The molecule has 1 aliphatic rings. The van der Waals surface area contributed by atoms with Gasteiger partial charge in [0.2, 0.25) is 0 Å². The molecule has 2 rings (SSSR count). The third-order valence-electron chi connectivity index (χ3n) is 4.03. The van der Waals surface area contributed by atoms with Crippen molar-refractivity contribution in [2.75, 3.05) is 11.9 Å². The molecule has 0 spiro atoms. The van der Waals surface area contributed by atoms with E-state index < -0.39 is 0 Å². The number of benzene rings is 1. The van der Waals surface area contributed by atoms with Gasteiger partial charge in [-0.25, -0.2) is 0 Å². The molecule has 116 valence electrons. The fourth-order valence-corrected chi connectivity index (χ4v) is 2.87. The van der Waals surface area contributed by atoms with Crippen molar-refractivity contribution in [3.8, 4) is 5.75 Å². The number of fused-ring (bicyclic) bond motifs is 1. The zero-order valence-corrected chi connectivity index (χ0v) is 14.6. The van der Waals surface area contributed by atoms with Crippen LogP contribution in [0.15, 0.2) is 18.2 Å². The SMILES string of the molecule is C=C(C)CNc1cc(C(C)(C)C)c2c(c1C)CC(C)(C)O2. The largest absolute Gasteiger partial charge is 0.487 e. The number of hydrogen-bond acceptors (Lipinski definition) is 2. The van der Waals surface area contributed by atoms with Crippen LogP contribution >= 0.6 is 0 Å². The Balaban J connectivity index is 2.54. The van der Waals surface area contributed by atoms with Crippen LogP contribution in [-0.2, 0) is 11.8 Å². The smallest absolute Gasteiger partial charge is 0.127 e. The number of nitrogens with one attached hydrogen (secondary N) is 1. The van der Waals surface area contributed by atoms with E-state index in [4.69, 9.17) is 4.74 Å². The molecule has 1 heterocycles. The molecule has 0 saturated heterocycles. The van der Waals surface area contributed by atoms with Crippen LogP contribution in [0.2, 0.25) is 0 Å². The Morgan fingerprint density at radius 2 is 2.00 bits per heavy atom. The zero-order chi connectivity index (χ0) is 16.0. The molecule has 1 aromatic rings. The fourth-order valence-electron chi connectivity index (χ4n) is 2.87. The van der Waals surface area contributed by atoms with E-state index in [1.807, 2.05) is 6.92 Å². The van der Waals surface area contributed by atoms with E-state index in [0.29, 0.717) is 0 Å². The topological polar surface area (TPSA) is 21.3 Å².